The van der Waals surface area contributed by atoms with Gasteiger partial charge in [0.1, 0.15) is 0 Å². The van der Waals surface area contributed by atoms with Crippen LogP contribution < -0.4 is 5.32 Å². The highest BCUT2D eigenvalue weighted by atomic mass is 16.1. The SMILES string of the molecule is O=C1NC=C/C1=C\c1ccc2c(c1)CCC2. The number of aryl methyl sites for hydroxylation is 2. The molecule has 1 heterocycles. The Labute approximate surface area is 94.7 Å². The number of hydrogen-bond donors (Lipinski definition) is 1. The van der Waals surface area contributed by atoms with Crippen LogP contribution in [0.15, 0.2) is 36.0 Å². The van der Waals surface area contributed by atoms with Crippen LogP contribution in [0.1, 0.15) is 23.1 Å². The molecule has 1 aromatic rings. The second-order valence-corrected chi connectivity index (χ2v) is 4.29. The molecular weight excluding hydrogens is 198 g/mol. The number of hydrogen-bond acceptors (Lipinski definition) is 1. The van der Waals surface area contributed by atoms with Crippen LogP contribution in [0, 0.1) is 0 Å². The highest BCUT2D eigenvalue weighted by Gasteiger charge is 2.12. The lowest BCUT2D eigenvalue weighted by Gasteiger charge is -2.01. The third-order valence-electron chi connectivity index (χ3n) is 3.18. The second-order valence-electron chi connectivity index (χ2n) is 4.29. The quantitative estimate of drug-likeness (QED) is 0.709. The summed E-state index contributed by atoms with van der Waals surface area (Å²) in [5.41, 5.74) is 4.76. The van der Waals surface area contributed by atoms with Crippen molar-refractivity contribution in [2.75, 3.05) is 0 Å². The fourth-order valence-electron chi connectivity index (χ4n) is 2.34. The first-order valence-electron chi connectivity index (χ1n) is 5.64. The third-order valence-corrected chi connectivity index (χ3v) is 3.18. The van der Waals surface area contributed by atoms with Crippen molar-refractivity contribution >= 4 is 12.0 Å². The van der Waals surface area contributed by atoms with E-state index >= 15 is 0 Å². The van der Waals surface area contributed by atoms with Crippen molar-refractivity contribution in [1.82, 2.24) is 5.32 Å². The largest absolute Gasteiger partial charge is 0.329 e. The van der Waals surface area contributed by atoms with Gasteiger partial charge in [-0.15, -0.1) is 0 Å². The molecule has 1 N–H and O–H groups in total. The summed E-state index contributed by atoms with van der Waals surface area (Å²) in [4.78, 5) is 11.4. The standard InChI is InChI=1S/C14H13NO/c16-14-13(6-7-15-14)9-10-4-5-11-2-1-3-12(11)8-10/h4-9H,1-3H2,(H,15,16)/b13-9+. The molecule has 80 valence electrons. The molecule has 0 atom stereocenters. The summed E-state index contributed by atoms with van der Waals surface area (Å²) in [7, 11) is 0. The Balaban J connectivity index is 1.96. The summed E-state index contributed by atoms with van der Waals surface area (Å²) in [6.45, 7) is 0. The molecule has 16 heavy (non-hydrogen) atoms. The van der Waals surface area contributed by atoms with Crippen molar-refractivity contribution in [2.24, 2.45) is 0 Å². The maximum absolute atomic E-state index is 11.4. The Hall–Kier alpha value is -1.83. The summed E-state index contributed by atoms with van der Waals surface area (Å²) >= 11 is 0. The summed E-state index contributed by atoms with van der Waals surface area (Å²) < 4.78 is 0. The van der Waals surface area contributed by atoms with Gasteiger partial charge in [-0.3, -0.25) is 4.79 Å². The van der Waals surface area contributed by atoms with E-state index in [1.165, 1.54) is 30.4 Å². The van der Waals surface area contributed by atoms with Crippen LogP contribution in [0.2, 0.25) is 0 Å². The van der Waals surface area contributed by atoms with Gasteiger partial charge in [0.15, 0.2) is 0 Å². The highest BCUT2D eigenvalue weighted by molar-refractivity contribution is 6.03. The third kappa shape index (κ3) is 1.56. The molecule has 0 radical (unpaired) electrons. The van der Waals surface area contributed by atoms with Crippen LogP contribution in [-0.2, 0) is 17.6 Å². The van der Waals surface area contributed by atoms with Gasteiger partial charge in [0.05, 0.1) is 0 Å². The molecule has 1 aliphatic heterocycles. The number of amides is 1. The van der Waals surface area contributed by atoms with Crippen molar-refractivity contribution in [3.63, 3.8) is 0 Å². The molecule has 0 fully saturated rings. The fourth-order valence-corrected chi connectivity index (χ4v) is 2.34. The summed E-state index contributed by atoms with van der Waals surface area (Å²) in [5.74, 6) is -0.0134. The van der Waals surface area contributed by atoms with E-state index in [9.17, 15) is 4.79 Å². The van der Waals surface area contributed by atoms with Crippen molar-refractivity contribution < 1.29 is 4.79 Å². The summed E-state index contributed by atoms with van der Waals surface area (Å²) in [5, 5.41) is 2.65. The monoisotopic (exact) mass is 211 g/mol. The van der Waals surface area contributed by atoms with Crippen molar-refractivity contribution in [1.29, 1.82) is 0 Å². The Kier molecular flexibility index (Phi) is 2.13. The lowest BCUT2D eigenvalue weighted by atomic mass is 10.0. The molecule has 3 rings (SSSR count). The van der Waals surface area contributed by atoms with E-state index < -0.39 is 0 Å². The minimum absolute atomic E-state index is 0.0134. The maximum atomic E-state index is 11.4. The summed E-state index contributed by atoms with van der Waals surface area (Å²) in [6, 6.07) is 6.48. The van der Waals surface area contributed by atoms with Gasteiger partial charge in [-0.1, -0.05) is 18.2 Å². The lowest BCUT2D eigenvalue weighted by Crippen LogP contribution is -2.11. The lowest BCUT2D eigenvalue weighted by molar-refractivity contribution is -0.115. The minimum atomic E-state index is -0.0134. The second kappa shape index (κ2) is 3.63. The zero-order valence-corrected chi connectivity index (χ0v) is 8.99. The molecule has 0 bridgehead atoms. The molecule has 0 saturated heterocycles. The van der Waals surface area contributed by atoms with Gasteiger partial charge in [0, 0.05) is 11.8 Å². The molecule has 1 aliphatic carbocycles. The molecule has 1 aromatic carbocycles. The number of carbonyl (C=O) groups excluding carboxylic acids is 1. The van der Waals surface area contributed by atoms with Crippen LogP contribution in [0.4, 0.5) is 0 Å². The zero-order valence-electron chi connectivity index (χ0n) is 8.99. The molecule has 0 unspecified atom stereocenters. The first-order chi connectivity index (χ1) is 7.83. The topological polar surface area (TPSA) is 29.1 Å². The molecule has 2 aliphatic rings. The van der Waals surface area contributed by atoms with Crippen molar-refractivity contribution in [3.8, 4) is 0 Å². The number of rotatable bonds is 1. The minimum Gasteiger partial charge on any atom is -0.329 e. The normalized spacial score (nSPS) is 20.2. The van der Waals surface area contributed by atoms with Crippen LogP contribution in [-0.4, -0.2) is 5.91 Å². The van der Waals surface area contributed by atoms with E-state index in [1.807, 2.05) is 12.2 Å². The molecular formula is C14H13NO. The van der Waals surface area contributed by atoms with Crippen LogP contribution in [0.3, 0.4) is 0 Å². The predicted molar refractivity (Wildman–Crippen MR) is 63.7 cm³/mol. The van der Waals surface area contributed by atoms with Gasteiger partial charge in [-0.25, -0.2) is 0 Å². The van der Waals surface area contributed by atoms with Gasteiger partial charge >= 0.3 is 0 Å². The molecule has 0 spiro atoms. The Morgan fingerprint density at radius 1 is 1.19 bits per heavy atom. The average molecular weight is 211 g/mol. The number of nitrogens with one attached hydrogen (secondary N) is 1. The molecule has 2 heteroatoms. The predicted octanol–water partition coefficient (Wildman–Crippen LogP) is 2.20. The molecule has 2 nitrogen and oxygen atoms in total. The Bertz CT molecular complexity index is 511. The van der Waals surface area contributed by atoms with E-state index in [-0.39, 0.29) is 5.91 Å². The van der Waals surface area contributed by atoms with E-state index in [0.29, 0.717) is 0 Å². The van der Waals surface area contributed by atoms with Gasteiger partial charge in [-0.05, 0) is 48.1 Å². The van der Waals surface area contributed by atoms with E-state index in [4.69, 9.17) is 0 Å². The first kappa shape index (κ1) is 9.40. The molecule has 0 aromatic heterocycles. The van der Waals surface area contributed by atoms with Crippen LogP contribution >= 0.6 is 0 Å². The molecule has 0 saturated carbocycles. The number of carbonyl (C=O) groups is 1. The zero-order chi connectivity index (χ0) is 11.0. The number of benzene rings is 1. The highest BCUT2D eigenvalue weighted by Crippen LogP contribution is 2.24. The summed E-state index contributed by atoms with van der Waals surface area (Å²) in [6.07, 6.45) is 9.07. The smallest absolute Gasteiger partial charge is 0.255 e. The van der Waals surface area contributed by atoms with Crippen LogP contribution in [0.25, 0.3) is 6.08 Å². The van der Waals surface area contributed by atoms with Gasteiger partial charge in [0.25, 0.3) is 5.91 Å². The van der Waals surface area contributed by atoms with E-state index in [2.05, 4.69) is 23.5 Å². The Morgan fingerprint density at radius 2 is 2.06 bits per heavy atom. The van der Waals surface area contributed by atoms with Gasteiger partial charge < -0.3 is 5.32 Å². The first-order valence-corrected chi connectivity index (χ1v) is 5.64. The molecule has 1 amide bonds. The van der Waals surface area contributed by atoms with E-state index in [0.717, 1.165) is 11.1 Å². The van der Waals surface area contributed by atoms with Gasteiger partial charge in [-0.2, -0.15) is 0 Å². The van der Waals surface area contributed by atoms with Crippen LogP contribution in [0.5, 0.6) is 0 Å². The number of fused-ring (bicyclic) bond motifs is 1. The average Bonchev–Trinajstić information content (AvgIpc) is 2.88. The fraction of sp³-hybridized carbons (Fsp3) is 0.214. The van der Waals surface area contributed by atoms with Crippen molar-refractivity contribution in [2.45, 2.75) is 19.3 Å². The van der Waals surface area contributed by atoms with E-state index in [1.54, 1.807) is 6.20 Å². The Morgan fingerprint density at radius 3 is 2.88 bits per heavy atom. The van der Waals surface area contributed by atoms with Crippen molar-refractivity contribution in [3.05, 3.63) is 52.7 Å². The van der Waals surface area contributed by atoms with Gasteiger partial charge in [0.2, 0.25) is 0 Å². The maximum Gasteiger partial charge on any atom is 0.255 e.